The van der Waals surface area contributed by atoms with Crippen LogP contribution in [0.2, 0.25) is 0 Å². The smallest absolute Gasteiger partial charge is 0.166 e. The molecule has 0 nitrogen and oxygen atoms in total. The molecule has 0 spiro atoms. The van der Waals surface area contributed by atoms with Gasteiger partial charge in [-0.15, -0.1) is 0 Å². The van der Waals surface area contributed by atoms with E-state index >= 15 is 0 Å². The lowest BCUT2D eigenvalue weighted by Gasteiger charge is -2.41. The van der Waals surface area contributed by atoms with Crippen molar-refractivity contribution < 1.29 is 13.2 Å². The van der Waals surface area contributed by atoms with E-state index in [0.29, 0.717) is 17.8 Å². The molecule has 16 heavy (non-hydrogen) atoms. The molecule has 88 valence electrons. The number of hydrogen-bond donors (Lipinski definition) is 0. The highest BCUT2D eigenvalue weighted by atomic mass is 19.4. The Bertz CT molecular complexity index is 356. The molecule has 3 heteroatoms. The fourth-order valence-corrected chi connectivity index (χ4v) is 2.80. The summed E-state index contributed by atoms with van der Waals surface area (Å²) < 4.78 is 37.1. The maximum atomic E-state index is 12.4. The SMILES string of the molecule is C[C@@H]1C[C@H](C)C1c1ccc(C(F)(F)F)cc1. The zero-order valence-corrected chi connectivity index (χ0v) is 9.38. The van der Waals surface area contributed by atoms with Crippen molar-refractivity contribution in [3.63, 3.8) is 0 Å². The van der Waals surface area contributed by atoms with Gasteiger partial charge in [0, 0.05) is 0 Å². The van der Waals surface area contributed by atoms with Crippen LogP contribution in [-0.4, -0.2) is 0 Å². The summed E-state index contributed by atoms with van der Waals surface area (Å²) in [6.45, 7) is 4.31. The van der Waals surface area contributed by atoms with Gasteiger partial charge in [-0.2, -0.15) is 13.2 Å². The van der Waals surface area contributed by atoms with Crippen molar-refractivity contribution in [3.8, 4) is 0 Å². The van der Waals surface area contributed by atoms with Gasteiger partial charge in [0.15, 0.2) is 0 Å². The standard InChI is InChI=1S/C13H15F3/c1-8-7-9(2)12(8)10-3-5-11(6-4-10)13(14,15)16/h3-6,8-9,12H,7H2,1-2H3/t8-,9+,12?. The van der Waals surface area contributed by atoms with Crippen molar-refractivity contribution in [3.05, 3.63) is 35.4 Å². The van der Waals surface area contributed by atoms with Gasteiger partial charge in [0.05, 0.1) is 5.56 Å². The second-order valence-electron chi connectivity index (χ2n) is 4.84. The summed E-state index contributed by atoms with van der Waals surface area (Å²) in [6, 6.07) is 5.62. The molecule has 1 aromatic rings. The van der Waals surface area contributed by atoms with Gasteiger partial charge in [0.25, 0.3) is 0 Å². The molecule has 0 saturated heterocycles. The number of hydrogen-bond acceptors (Lipinski definition) is 0. The minimum absolute atomic E-state index is 0.433. The highest BCUT2D eigenvalue weighted by Gasteiger charge is 2.36. The van der Waals surface area contributed by atoms with E-state index in [2.05, 4.69) is 13.8 Å². The number of rotatable bonds is 1. The van der Waals surface area contributed by atoms with Crippen molar-refractivity contribution in [1.82, 2.24) is 0 Å². The van der Waals surface area contributed by atoms with Gasteiger partial charge < -0.3 is 0 Å². The Morgan fingerprint density at radius 1 is 1.00 bits per heavy atom. The fraction of sp³-hybridized carbons (Fsp3) is 0.538. The van der Waals surface area contributed by atoms with Crippen molar-refractivity contribution in [2.45, 2.75) is 32.4 Å². The summed E-state index contributed by atoms with van der Waals surface area (Å²) in [4.78, 5) is 0. The maximum Gasteiger partial charge on any atom is 0.416 e. The number of alkyl halides is 3. The molecule has 1 aliphatic carbocycles. The van der Waals surface area contributed by atoms with E-state index in [4.69, 9.17) is 0 Å². The molecule has 0 aliphatic heterocycles. The summed E-state index contributed by atoms with van der Waals surface area (Å²) >= 11 is 0. The minimum Gasteiger partial charge on any atom is -0.166 e. The third-order valence-electron chi connectivity index (χ3n) is 3.59. The molecule has 0 amide bonds. The molecule has 0 radical (unpaired) electrons. The molecular formula is C13H15F3. The zero-order chi connectivity index (χ0) is 11.9. The van der Waals surface area contributed by atoms with Crippen LogP contribution in [-0.2, 0) is 6.18 Å². The van der Waals surface area contributed by atoms with Crippen molar-refractivity contribution >= 4 is 0 Å². The average molecular weight is 228 g/mol. The zero-order valence-electron chi connectivity index (χ0n) is 9.38. The van der Waals surface area contributed by atoms with Gasteiger partial charge in [-0.25, -0.2) is 0 Å². The quantitative estimate of drug-likeness (QED) is 0.665. The van der Waals surface area contributed by atoms with Gasteiger partial charge in [0.2, 0.25) is 0 Å². The molecule has 1 unspecified atom stereocenters. The Balaban J connectivity index is 2.20. The van der Waals surface area contributed by atoms with Crippen LogP contribution in [0.3, 0.4) is 0 Å². The van der Waals surface area contributed by atoms with Crippen molar-refractivity contribution in [1.29, 1.82) is 0 Å². The van der Waals surface area contributed by atoms with E-state index in [0.717, 1.165) is 5.56 Å². The predicted octanol–water partition coefficient (Wildman–Crippen LogP) is 4.46. The van der Waals surface area contributed by atoms with E-state index in [1.165, 1.54) is 18.6 Å². The molecule has 1 fully saturated rings. The number of benzene rings is 1. The molecule has 0 bridgehead atoms. The summed E-state index contributed by atoms with van der Waals surface area (Å²) in [5.74, 6) is 1.61. The van der Waals surface area contributed by atoms with Crippen LogP contribution >= 0.6 is 0 Å². The van der Waals surface area contributed by atoms with Crippen LogP contribution in [0.1, 0.15) is 37.3 Å². The summed E-state index contributed by atoms with van der Waals surface area (Å²) in [5, 5.41) is 0. The first-order chi connectivity index (χ1) is 7.39. The first-order valence-electron chi connectivity index (χ1n) is 5.56. The van der Waals surface area contributed by atoms with E-state index in [1.54, 1.807) is 12.1 Å². The largest absolute Gasteiger partial charge is 0.416 e. The van der Waals surface area contributed by atoms with Crippen LogP contribution in [0.5, 0.6) is 0 Å². The third-order valence-corrected chi connectivity index (χ3v) is 3.59. The van der Waals surface area contributed by atoms with Gasteiger partial charge in [-0.1, -0.05) is 26.0 Å². The highest BCUT2D eigenvalue weighted by molar-refractivity contribution is 5.29. The second-order valence-corrected chi connectivity index (χ2v) is 4.84. The van der Waals surface area contributed by atoms with Gasteiger partial charge >= 0.3 is 6.18 Å². The molecule has 3 atom stereocenters. The second kappa shape index (κ2) is 3.79. The molecule has 0 aromatic heterocycles. The molecule has 1 saturated carbocycles. The van der Waals surface area contributed by atoms with Gasteiger partial charge in [-0.05, 0) is 41.9 Å². The molecule has 1 aliphatic rings. The first kappa shape index (κ1) is 11.5. The van der Waals surface area contributed by atoms with Crippen LogP contribution in [0.4, 0.5) is 13.2 Å². The molecular weight excluding hydrogens is 213 g/mol. The van der Waals surface area contributed by atoms with Crippen molar-refractivity contribution in [2.24, 2.45) is 11.8 Å². The van der Waals surface area contributed by atoms with E-state index in [1.807, 2.05) is 0 Å². The van der Waals surface area contributed by atoms with E-state index in [-0.39, 0.29) is 0 Å². The lowest BCUT2D eigenvalue weighted by atomic mass is 9.63. The first-order valence-corrected chi connectivity index (χ1v) is 5.56. The Labute approximate surface area is 93.5 Å². The van der Waals surface area contributed by atoms with E-state index in [9.17, 15) is 13.2 Å². The molecule has 0 heterocycles. The Kier molecular flexibility index (Phi) is 2.72. The molecule has 0 N–H and O–H groups in total. The summed E-state index contributed by atoms with van der Waals surface area (Å²) in [7, 11) is 0. The minimum atomic E-state index is -4.23. The Morgan fingerprint density at radius 2 is 1.50 bits per heavy atom. The summed E-state index contributed by atoms with van der Waals surface area (Å²) in [6.07, 6.45) is -3.05. The molecule has 1 aromatic carbocycles. The predicted molar refractivity (Wildman–Crippen MR) is 57.1 cm³/mol. The lowest BCUT2D eigenvalue weighted by Crippen LogP contribution is -2.30. The fourth-order valence-electron chi connectivity index (χ4n) is 2.80. The Hall–Kier alpha value is -0.990. The van der Waals surface area contributed by atoms with Crippen molar-refractivity contribution in [2.75, 3.05) is 0 Å². The highest BCUT2D eigenvalue weighted by Crippen LogP contribution is 2.47. The number of halogens is 3. The van der Waals surface area contributed by atoms with Gasteiger partial charge in [0.1, 0.15) is 0 Å². The topological polar surface area (TPSA) is 0 Å². The van der Waals surface area contributed by atoms with Gasteiger partial charge in [-0.3, -0.25) is 0 Å². The van der Waals surface area contributed by atoms with Crippen LogP contribution in [0.15, 0.2) is 24.3 Å². The summed E-state index contributed by atoms with van der Waals surface area (Å²) in [5.41, 5.74) is 0.482. The lowest BCUT2D eigenvalue weighted by molar-refractivity contribution is -0.137. The Morgan fingerprint density at radius 3 is 1.88 bits per heavy atom. The average Bonchev–Trinajstić information content (AvgIpc) is 2.16. The normalized spacial score (nSPS) is 29.9. The third kappa shape index (κ3) is 1.95. The van der Waals surface area contributed by atoms with Crippen LogP contribution in [0, 0.1) is 11.8 Å². The monoisotopic (exact) mass is 228 g/mol. The van der Waals surface area contributed by atoms with E-state index < -0.39 is 11.7 Å². The maximum absolute atomic E-state index is 12.4. The van der Waals surface area contributed by atoms with Crippen LogP contribution < -0.4 is 0 Å². The molecule has 2 rings (SSSR count). The van der Waals surface area contributed by atoms with Crippen LogP contribution in [0.25, 0.3) is 0 Å².